The zero-order valence-electron chi connectivity index (χ0n) is 18.9. The Morgan fingerprint density at radius 1 is 0.833 bits per heavy atom. The van der Waals surface area contributed by atoms with E-state index in [0.717, 1.165) is 16.7 Å². The Bertz CT molecular complexity index is 1540. The molecule has 0 aliphatic heterocycles. The molecule has 36 heavy (non-hydrogen) atoms. The maximum absolute atomic E-state index is 13.0. The van der Waals surface area contributed by atoms with Crippen LogP contribution in [-0.2, 0) is 0 Å². The third kappa shape index (κ3) is 5.12. The first-order valence-electron chi connectivity index (χ1n) is 11.1. The highest BCUT2D eigenvalue weighted by Gasteiger charge is 2.17. The van der Waals surface area contributed by atoms with Gasteiger partial charge in [0.25, 0.3) is 0 Å². The molecule has 1 amide bonds. The lowest BCUT2D eigenvalue weighted by atomic mass is 10.0. The Morgan fingerprint density at radius 2 is 1.47 bits per heavy atom. The molecule has 0 saturated carbocycles. The van der Waals surface area contributed by atoms with Gasteiger partial charge in [-0.1, -0.05) is 54.1 Å². The van der Waals surface area contributed by atoms with E-state index in [4.69, 9.17) is 21.6 Å². The summed E-state index contributed by atoms with van der Waals surface area (Å²) in [5, 5.41) is 17.0. The number of halogens is 1. The first-order valence-corrected chi connectivity index (χ1v) is 11.5. The molecule has 0 atom stereocenters. The van der Waals surface area contributed by atoms with Gasteiger partial charge in [-0.3, -0.25) is 0 Å². The van der Waals surface area contributed by atoms with E-state index < -0.39 is 6.03 Å². The molecule has 6 nitrogen and oxygen atoms in total. The van der Waals surface area contributed by atoms with Crippen LogP contribution in [0.15, 0.2) is 109 Å². The standard InChI is InChI=1S/C29H19ClN4O2/c30-23-10-8-22(9-11-23)28-27(21-4-2-1-3-5-21)19-34(33-28)29(35)32-24-12-16-26(17-13-24)36-25-14-6-20(18-31)7-15-25/h1-17,19H,(H,32,35). The Kier molecular flexibility index (Phi) is 6.48. The van der Waals surface area contributed by atoms with Gasteiger partial charge in [0.05, 0.1) is 11.6 Å². The third-order valence-corrected chi connectivity index (χ3v) is 5.70. The van der Waals surface area contributed by atoms with E-state index in [0.29, 0.717) is 33.5 Å². The van der Waals surface area contributed by atoms with E-state index in [-0.39, 0.29) is 0 Å². The summed E-state index contributed by atoms with van der Waals surface area (Å²) in [6.45, 7) is 0. The maximum Gasteiger partial charge on any atom is 0.346 e. The van der Waals surface area contributed by atoms with Crippen molar-refractivity contribution >= 4 is 23.3 Å². The zero-order valence-corrected chi connectivity index (χ0v) is 19.7. The number of carbonyl (C=O) groups excluding carboxylic acids is 1. The van der Waals surface area contributed by atoms with E-state index in [1.807, 2.05) is 42.5 Å². The molecule has 7 heteroatoms. The largest absolute Gasteiger partial charge is 0.457 e. The van der Waals surface area contributed by atoms with E-state index >= 15 is 0 Å². The van der Waals surface area contributed by atoms with Crippen LogP contribution in [0.5, 0.6) is 11.5 Å². The maximum atomic E-state index is 13.0. The minimum atomic E-state index is -0.395. The number of anilines is 1. The van der Waals surface area contributed by atoms with Gasteiger partial charge in [0, 0.05) is 28.0 Å². The SMILES string of the molecule is N#Cc1ccc(Oc2ccc(NC(=O)n3cc(-c4ccccc4)c(-c4ccc(Cl)cc4)n3)cc2)cc1. The van der Waals surface area contributed by atoms with Crippen LogP contribution < -0.4 is 10.1 Å². The van der Waals surface area contributed by atoms with Crippen molar-refractivity contribution in [2.75, 3.05) is 5.32 Å². The van der Waals surface area contributed by atoms with Gasteiger partial charge in [0.15, 0.2) is 0 Å². The summed E-state index contributed by atoms with van der Waals surface area (Å²) in [5.74, 6) is 1.22. The summed E-state index contributed by atoms with van der Waals surface area (Å²) in [6.07, 6.45) is 1.72. The molecule has 0 bridgehead atoms. The van der Waals surface area contributed by atoms with Gasteiger partial charge in [-0.15, -0.1) is 0 Å². The van der Waals surface area contributed by atoms with Crippen LogP contribution in [0.2, 0.25) is 5.02 Å². The lowest BCUT2D eigenvalue weighted by Crippen LogP contribution is -2.19. The molecule has 1 aromatic heterocycles. The minimum Gasteiger partial charge on any atom is -0.457 e. The molecule has 0 fully saturated rings. The number of nitrogens with zero attached hydrogens (tertiary/aromatic N) is 3. The molecule has 5 rings (SSSR count). The van der Waals surface area contributed by atoms with Gasteiger partial charge in [-0.05, 0) is 66.2 Å². The number of hydrogen-bond acceptors (Lipinski definition) is 4. The normalized spacial score (nSPS) is 10.4. The highest BCUT2D eigenvalue weighted by atomic mass is 35.5. The third-order valence-electron chi connectivity index (χ3n) is 5.45. The van der Waals surface area contributed by atoms with Gasteiger partial charge >= 0.3 is 6.03 Å². The monoisotopic (exact) mass is 490 g/mol. The van der Waals surface area contributed by atoms with Crippen molar-refractivity contribution in [1.82, 2.24) is 9.78 Å². The van der Waals surface area contributed by atoms with E-state index in [9.17, 15) is 4.79 Å². The number of aromatic nitrogens is 2. The smallest absolute Gasteiger partial charge is 0.346 e. The average Bonchev–Trinajstić information content (AvgIpc) is 3.37. The molecule has 0 saturated heterocycles. The first kappa shape index (κ1) is 22.9. The molecule has 174 valence electrons. The average molecular weight is 491 g/mol. The molecule has 4 aromatic carbocycles. The van der Waals surface area contributed by atoms with Gasteiger partial charge in [-0.25, -0.2) is 4.79 Å². The first-order chi connectivity index (χ1) is 17.6. The number of benzene rings is 4. The van der Waals surface area contributed by atoms with Crippen LogP contribution in [0.3, 0.4) is 0 Å². The molecule has 0 aliphatic carbocycles. The van der Waals surface area contributed by atoms with Crippen molar-refractivity contribution in [3.63, 3.8) is 0 Å². The van der Waals surface area contributed by atoms with Crippen molar-refractivity contribution in [2.24, 2.45) is 0 Å². The quantitative estimate of drug-likeness (QED) is 0.275. The second kappa shape index (κ2) is 10.2. The summed E-state index contributed by atoms with van der Waals surface area (Å²) in [4.78, 5) is 13.0. The fourth-order valence-corrected chi connectivity index (χ4v) is 3.77. The molecule has 5 aromatic rings. The molecule has 1 heterocycles. The van der Waals surface area contributed by atoms with Gasteiger partial charge in [-0.2, -0.15) is 15.0 Å². The van der Waals surface area contributed by atoms with Crippen molar-refractivity contribution in [1.29, 1.82) is 5.26 Å². The number of rotatable bonds is 5. The van der Waals surface area contributed by atoms with Crippen LogP contribution in [0.4, 0.5) is 10.5 Å². The summed E-state index contributed by atoms with van der Waals surface area (Å²) in [5.41, 5.74) is 4.48. The summed E-state index contributed by atoms with van der Waals surface area (Å²) in [7, 11) is 0. The Labute approximate surface area is 213 Å². The summed E-state index contributed by atoms with van der Waals surface area (Å²) in [6, 6.07) is 32.7. The highest BCUT2D eigenvalue weighted by molar-refractivity contribution is 6.30. The summed E-state index contributed by atoms with van der Waals surface area (Å²) < 4.78 is 7.10. The fourth-order valence-electron chi connectivity index (χ4n) is 3.65. The molecule has 0 radical (unpaired) electrons. The lowest BCUT2D eigenvalue weighted by molar-refractivity contribution is 0.251. The predicted molar refractivity (Wildman–Crippen MR) is 140 cm³/mol. The molecule has 0 spiro atoms. The fraction of sp³-hybridized carbons (Fsp3) is 0. The number of carbonyl (C=O) groups is 1. The van der Waals surface area contributed by atoms with Crippen molar-refractivity contribution in [3.05, 3.63) is 120 Å². The topological polar surface area (TPSA) is 79.9 Å². The zero-order chi connectivity index (χ0) is 24.9. The van der Waals surface area contributed by atoms with Crippen molar-refractivity contribution in [2.45, 2.75) is 0 Å². The number of ether oxygens (including phenoxy) is 1. The Morgan fingerprint density at radius 3 is 2.11 bits per heavy atom. The van der Waals surface area contributed by atoms with E-state index in [2.05, 4.69) is 16.5 Å². The van der Waals surface area contributed by atoms with Gasteiger partial charge in [0.2, 0.25) is 0 Å². The highest BCUT2D eigenvalue weighted by Crippen LogP contribution is 2.32. The summed E-state index contributed by atoms with van der Waals surface area (Å²) >= 11 is 6.06. The predicted octanol–water partition coefficient (Wildman–Crippen LogP) is 7.61. The lowest BCUT2D eigenvalue weighted by Gasteiger charge is -2.08. The van der Waals surface area contributed by atoms with E-state index in [1.165, 1.54) is 4.68 Å². The van der Waals surface area contributed by atoms with Crippen LogP contribution in [0, 0.1) is 11.3 Å². The number of amides is 1. The Balaban J connectivity index is 1.36. The van der Waals surface area contributed by atoms with Crippen LogP contribution in [0.1, 0.15) is 5.56 Å². The van der Waals surface area contributed by atoms with Crippen LogP contribution in [-0.4, -0.2) is 15.8 Å². The van der Waals surface area contributed by atoms with Crippen molar-refractivity contribution < 1.29 is 9.53 Å². The van der Waals surface area contributed by atoms with Gasteiger partial charge < -0.3 is 10.1 Å². The molecule has 1 N–H and O–H groups in total. The molecular weight excluding hydrogens is 472 g/mol. The molecule has 0 aliphatic rings. The number of nitriles is 1. The molecule has 0 unspecified atom stereocenters. The molecular formula is C29H19ClN4O2. The second-order valence-electron chi connectivity index (χ2n) is 7.90. The van der Waals surface area contributed by atoms with Gasteiger partial charge in [0.1, 0.15) is 17.2 Å². The van der Waals surface area contributed by atoms with Crippen LogP contribution >= 0.6 is 11.6 Å². The van der Waals surface area contributed by atoms with Crippen molar-refractivity contribution in [3.8, 4) is 40.0 Å². The number of nitrogens with one attached hydrogen (secondary N) is 1. The Hall–Kier alpha value is -4.86. The van der Waals surface area contributed by atoms with Crippen LogP contribution in [0.25, 0.3) is 22.4 Å². The number of hydrogen-bond donors (Lipinski definition) is 1. The van der Waals surface area contributed by atoms with E-state index in [1.54, 1.807) is 66.9 Å². The second-order valence-corrected chi connectivity index (χ2v) is 8.34. The minimum absolute atomic E-state index is 0.395.